The Hall–Kier alpha value is -2.62. The second-order valence-electron chi connectivity index (χ2n) is 6.67. The van der Waals surface area contributed by atoms with Crippen molar-refractivity contribution in [2.75, 3.05) is 10.6 Å². The number of nitrogens with one attached hydrogen (secondary N) is 2. The first kappa shape index (κ1) is 16.2. The van der Waals surface area contributed by atoms with E-state index in [1.807, 2.05) is 63.2 Å². The summed E-state index contributed by atoms with van der Waals surface area (Å²) in [7, 11) is 0. The lowest BCUT2D eigenvalue weighted by Gasteiger charge is -2.17. The predicted octanol–water partition coefficient (Wildman–Crippen LogP) is 3.97. The first-order valence-electron chi connectivity index (χ1n) is 8.17. The molecule has 24 heavy (non-hydrogen) atoms. The first-order valence-corrected chi connectivity index (χ1v) is 8.17. The molecule has 4 nitrogen and oxygen atoms in total. The van der Waals surface area contributed by atoms with Crippen LogP contribution in [0.25, 0.3) is 0 Å². The highest BCUT2D eigenvalue weighted by molar-refractivity contribution is 6.17. The zero-order valence-electron chi connectivity index (χ0n) is 14.3. The molecular formula is C20H22N2O2. The fourth-order valence-electron chi connectivity index (χ4n) is 2.68. The fourth-order valence-corrected chi connectivity index (χ4v) is 2.68. The van der Waals surface area contributed by atoms with Gasteiger partial charge in [-0.2, -0.15) is 0 Å². The molecule has 2 N–H and O–H groups in total. The van der Waals surface area contributed by atoms with Gasteiger partial charge in [0.25, 0.3) is 0 Å². The molecule has 0 aromatic heterocycles. The van der Waals surface area contributed by atoms with Gasteiger partial charge in [-0.1, -0.05) is 29.8 Å². The summed E-state index contributed by atoms with van der Waals surface area (Å²) in [5, 5.41) is 5.79. The molecule has 1 fully saturated rings. The summed E-state index contributed by atoms with van der Waals surface area (Å²) in [5.41, 5.74) is 3.74. The lowest BCUT2D eigenvalue weighted by atomic mass is 10.0. The molecule has 0 saturated heterocycles. The van der Waals surface area contributed by atoms with Crippen LogP contribution in [0.3, 0.4) is 0 Å². The van der Waals surface area contributed by atoms with Crippen LogP contribution in [-0.4, -0.2) is 11.8 Å². The van der Waals surface area contributed by atoms with Crippen molar-refractivity contribution in [3.8, 4) is 0 Å². The molecule has 0 unspecified atom stereocenters. The molecular weight excluding hydrogens is 300 g/mol. The molecule has 0 bridgehead atoms. The number of hydrogen-bond donors (Lipinski definition) is 2. The Morgan fingerprint density at radius 3 is 2.04 bits per heavy atom. The molecule has 2 aromatic rings. The van der Waals surface area contributed by atoms with E-state index in [0.29, 0.717) is 12.8 Å². The van der Waals surface area contributed by atoms with E-state index in [0.717, 1.165) is 28.1 Å². The van der Waals surface area contributed by atoms with Crippen molar-refractivity contribution in [2.45, 2.75) is 33.6 Å². The molecule has 4 heteroatoms. The average Bonchev–Trinajstić information content (AvgIpc) is 3.35. The van der Waals surface area contributed by atoms with Crippen LogP contribution in [0.4, 0.5) is 11.4 Å². The smallest absolute Gasteiger partial charge is 0.240 e. The van der Waals surface area contributed by atoms with Gasteiger partial charge in [0.05, 0.1) is 0 Å². The van der Waals surface area contributed by atoms with Gasteiger partial charge in [0.15, 0.2) is 0 Å². The highest BCUT2D eigenvalue weighted by atomic mass is 16.2. The fraction of sp³-hybridized carbons (Fsp3) is 0.300. The summed E-state index contributed by atoms with van der Waals surface area (Å²) in [6.45, 7) is 5.92. The monoisotopic (exact) mass is 322 g/mol. The third kappa shape index (κ3) is 3.18. The standard InChI is InChI=1S/C20H22N2O2/c1-13-5-8-16(9-6-13)21-18(23)20(10-11-20)19(24)22-17-12-14(2)4-7-15(17)3/h4-9,12H,10-11H2,1-3H3,(H,21,23)(H,22,24). The summed E-state index contributed by atoms with van der Waals surface area (Å²) in [5.74, 6) is -0.449. The Labute approximate surface area is 142 Å². The van der Waals surface area contributed by atoms with Gasteiger partial charge in [-0.15, -0.1) is 0 Å². The summed E-state index contributed by atoms with van der Waals surface area (Å²) in [6, 6.07) is 13.5. The Kier molecular flexibility index (Phi) is 4.14. The third-order valence-electron chi connectivity index (χ3n) is 4.57. The summed E-state index contributed by atoms with van der Waals surface area (Å²) in [4.78, 5) is 25.3. The molecule has 1 aliphatic rings. The van der Waals surface area contributed by atoms with Crippen LogP contribution in [0.1, 0.15) is 29.5 Å². The van der Waals surface area contributed by atoms with E-state index in [4.69, 9.17) is 0 Å². The number of benzene rings is 2. The number of aryl methyl sites for hydroxylation is 3. The molecule has 0 spiro atoms. The van der Waals surface area contributed by atoms with Crippen molar-refractivity contribution < 1.29 is 9.59 Å². The lowest BCUT2D eigenvalue weighted by molar-refractivity contribution is -0.131. The largest absolute Gasteiger partial charge is 0.325 e. The van der Waals surface area contributed by atoms with Gasteiger partial charge in [0.1, 0.15) is 5.41 Å². The third-order valence-corrected chi connectivity index (χ3v) is 4.57. The Balaban J connectivity index is 1.72. The topological polar surface area (TPSA) is 58.2 Å². The van der Waals surface area contributed by atoms with Crippen LogP contribution < -0.4 is 10.6 Å². The quantitative estimate of drug-likeness (QED) is 0.837. The van der Waals surface area contributed by atoms with E-state index < -0.39 is 5.41 Å². The van der Waals surface area contributed by atoms with Crippen LogP contribution in [0.2, 0.25) is 0 Å². The molecule has 3 rings (SSSR count). The molecule has 124 valence electrons. The summed E-state index contributed by atoms with van der Waals surface area (Å²) in [6.07, 6.45) is 1.17. The van der Waals surface area contributed by atoms with Gasteiger partial charge < -0.3 is 10.6 Å². The van der Waals surface area contributed by atoms with Crippen molar-refractivity contribution in [2.24, 2.45) is 5.41 Å². The number of amides is 2. The van der Waals surface area contributed by atoms with E-state index in [9.17, 15) is 9.59 Å². The number of carbonyl (C=O) groups excluding carboxylic acids is 2. The molecule has 2 amide bonds. The molecule has 0 heterocycles. The summed E-state index contributed by atoms with van der Waals surface area (Å²) < 4.78 is 0. The van der Waals surface area contributed by atoms with Crippen LogP contribution in [0.15, 0.2) is 42.5 Å². The molecule has 1 saturated carbocycles. The van der Waals surface area contributed by atoms with E-state index in [1.165, 1.54) is 0 Å². The molecule has 2 aromatic carbocycles. The maximum absolute atomic E-state index is 12.7. The molecule has 1 aliphatic carbocycles. The second-order valence-corrected chi connectivity index (χ2v) is 6.67. The zero-order chi connectivity index (χ0) is 17.3. The van der Waals surface area contributed by atoms with E-state index >= 15 is 0 Å². The van der Waals surface area contributed by atoms with E-state index in [-0.39, 0.29) is 11.8 Å². The van der Waals surface area contributed by atoms with Crippen LogP contribution in [0, 0.1) is 26.2 Å². The Morgan fingerprint density at radius 2 is 1.42 bits per heavy atom. The minimum absolute atomic E-state index is 0.221. The molecule has 0 atom stereocenters. The van der Waals surface area contributed by atoms with Gasteiger partial charge in [-0.25, -0.2) is 0 Å². The van der Waals surface area contributed by atoms with Crippen molar-refractivity contribution >= 4 is 23.2 Å². The van der Waals surface area contributed by atoms with Gasteiger partial charge >= 0.3 is 0 Å². The van der Waals surface area contributed by atoms with E-state index in [2.05, 4.69) is 10.6 Å². The number of rotatable bonds is 4. The van der Waals surface area contributed by atoms with Gasteiger partial charge in [0, 0.05) is 11.4 Å². The summed E-state index contributed by atoms with van der Waals surface area (Å²) >= 11 is 0. The lowest BCUT2D eigenvalue weighted by Crippen LogP contribution is -2.35. The maximum atomic E-state index is 12.7. The maximum Gasteiger partial charge on any atom is 0.240 e. The molecule has 0 radical (unpaired) electrons. The number of anilines is 2. The highest BCUT2D eigenvalue weighted by Crippen LogP contribution is 2.47. The van der Waals surface area contributed by atoms with Crippen molar-refractivity contribution in [3.63, 3.8) is 0 Å². The first-order chi connectivity index (χ1) is 11.4. The van der Waals surface area contributed by atoms with Crippen LogP contribution >= 0.6 is 0 Å². The SMILES string of the molecule is Cc1ccc(NC(=O)C2(C(=O)Nc3cc(C)ccc3C)CC2)cc1. The second kappa shape index (κ2) is 6.11. The zero-order valence-corrected chi connectivity index (χ0v) is 14.3. The number of carbonyl (C=O) groups is 2. The van der Waals surface area contributed by atoms with Crippen molar-refractivity contribution in [3.05, 3.63) is 59.2 Å². The van der Waals surface area contributed by atoms with Gasteiger partial charge in [0.2, 0.25) is 11.8 Å². The predicted molar refractivity (Wildman–Crippen MR) is 96.0 cm³/mol. The van der Waals surface area contributed by atoms with Crippen LogP contribution in [0.5, 0.6) is 0 Å². The Morgan fingerprint density at radius 1 is 0.833 bits per heavy atom. The van der Waals surface area contributed by atoms with Crippen molar-refractivity contribution in [1.82, 2.24) is 0 Å². The minimum Gasteiger partial charge on any atom is -0.325 e. The molecule has 0 aliphatic heterocycles. The van der Waals surface area contributed by atoms with E-state index in [1.54, 1.807) is 0 Å². The number of hydrogen-bond acceptors (Lipinski definition) is 2. The van der Waals surface area contributed by atoms with Gasteiger partial charge in [-0.3, -0.25) is 9.59 Å². The highest BCUT2D eigenvalue weighted by Gasteiger charge is 2.56. The minimum atomic E-state index is -0.943. The Bertz CT molecular complexity index is 790. The normalized spacial score (nSPS) is 14.8. The van der Waals surface area contributed by atoms with Crippen molar-refractivity contribution in [1.29, 1.82) is 0 Å². The average molecular weight is 322 g/mol. The van der Waals surface area contributed by atoms with Crippen LogP contribution in [-0.2, 0) is 9.59 Å². The van der Waals surface area contributed by atoms with Gasteiger partial charge in [-0.05, 0) is 62.9 Å².